The van der Waals surface area contributed by atoms with Gasteiger partial charge in [0.15, 0.2) is 0 Å². The second kappa shape index (κ2) is 6.20. The lowest BCUT2D eigenvalue weighted by Gasteiger charge is -2.11. The highest BCUT2D eigenvalue weighted by Crippen LogP contribution is 2.11. The number of aromatic nitrogens is 1. The fraction of sp³-hybridized carbons (Fsp3) is 0.267. The number of carbonyl (C=O) groups is 1. The number of esters is 1. The zero-order chi connectivity index (χ0) is 13.7. The molecule has 1 aromatic carbocycles. The summed E-state index contributed by atoms with van der Waals surface area (Å²) in [5.74, 6) is -0.350. The van der Waals surface area contributed by atoms with E-state index in [0.29, 0.717) is 13.0 Å². The lowest BCUT2D eigenvalue weighted by atomic mass is 10.1. The lowest BCUT2D eigenvalue weighted by molar-refractivity contribution is -0.144. The summed E-state index contributed by atoms with van der Waals surface area (Å²) in [6.45, 7) is 2.13. The SMILES string of the molecule is CCOC(=O)C(N)Cc1ccc(-n2cccc2)cc1. The Morgan fingerprint density at radius 3 is 2.47 bits per heavy atom. The van der Waals surface area contributed by atoms with Crippen LogP contribution < -0.4 is 5.73 Å². The van der Waals surface area contributed by atoms with E-state index in [1.165, 1.54) is 0 Å². The van der Waals surface area contributed by atoms with E-state index in [1.807, 2.05) is 53.4 Å². The van der Waals surface area contributed by atoms with E-state index >= 15 is 0 Å². The molecule has 4 nitrogen and oxygen atoms in total. The number of nitrogens with two attached hydrogens (primary N) is 1. The summed E-state index contributed by atoms with van der Waals surface area (Å²) in [5.41, 5.74) is 7.89. The van der Waals surface area contributed by atoms with Crippen molar-refractivity contribution in [3.8, 4) is 5.69 Å². The molecule has 0 aliphatic rings. The second-order valence-corrected chi connectivity index (χ2v) is 4.32. The van der Waals surface area contributed by atoms with Crippen LogP contribution in [0, 0.1) is 0 Å². The minimum atomic E-state index is -0.600. The van der Waals surface area contributed by atoms with Crippen molar-refractivity contribution in [2.24, 2.45) is 5.73 Å². The summed E-state index contributed by atoms with van der Waals surface area (Å²) >= 11 is 0. The van der Waals surface area contributed by atoms with Crippen LogP contribution in [0.15, 0.2) is 48.8 Å². The molecule has 0 fully saturated rings. The molecule has 1 atom stereocenters. The fourth-order valence-corrected chi connectivity index (χ4v) is 1.90. The molecule has 0 saturated heterocycles. The highest BCUT2D eigenvalue weighted by Gasteiger charge is 2.14. The minimum absolute atomic E-state index is 0.350. The van der Waals surface area contributed by atoms with Crippen LogP contribution >= 0.6 is 0 Å². The van der Waals surface area contributed by atoms with Crippen LogP contribution in [0.25, 0.3) is 5.69 Å². The van der Waals surface area contributed by atoms with Gasteiger partial charge in [-0.15, -0.1) is 0 Å². The highest BCUT2D eigenvalue weighted by atomic mass is 16.5. The van der Waals surface area contributed by atoms with E-state index in [0.717, 1.165) is 11.3 Å². The van der Waals surface area contributed by atoms with Gasteiger partial charge in [-0.05, 0) is 43.2 Å². The molecule has 0 radical (unpaired) electrons. The predicted molar refractivity (Wildman–Crippen MR) is 74.1 cm³/mol. The van der Waals surface area contributed by atoms with Crippen LogP contribution in [0.3, 0.4) is 0 Å². The maximum absolute atomic E-state index is 11.4. The normalized spacial score (nSPS) is 12.1. The third-order valence-corrected chi connectivity index (χ3v) is 2.88. The predicted octanol–water partition coefficient (Wildman–Crippen LogP) is 1.91. The average Bonchev–Trinajstić information content (AvgIpc) is 2.94. The van der Waals surface area contributed by atoms with Gasteiger partial charge in [0.25, 0.3) is 0 Å². The molecule has 0 spiro atoms. The number of hydrogen-bond acceptors (Lipinski definition) is 3. The Bertz CT molecular complexity index is 518. The van der Waals surface area contributed by atoms with Gasteiger partial charge in [0, 0.05) is 18.1 Å². The molecule has 100 valence electrons. The van der Waals surface area contributed by atoms with Crippen molar-refractivity contribution in [2.75, 3.05) is 6.61 Å². The molecular formula is C15H18N2O2. The maximum Gasteiger partial charge on any atom is 0.323 e. The Hall–Kier alpha value is -2.07. The first-order chi connectivity index (χ1) is 9.20. The quantitative estimate of drug-likeness (QED) is 0.833. The van der Waals surface area contributed by atoms with Crippen LogP contribution in [0.2, 0.25) is 0 Å². The van der Waals surface area contributed by atoms with Crippen molar-refractivity contribution < 1.29 is 9.53 Å². The number of hydrogen-bond donors (Lipinski definition) is 1. The van der Waals surface area contributed by atoms with Gasteiger partial charge < -0.3 is 15.0 Å². The number of nitrogens with zero attached hydrogens (tertiary/aromatic N) is 1. The molecule has 0 saturated carbocycles. The molecular weight excluding hydrogens is 240 g/mol. The van der Waals surface area contributed by atoms with E-state index in [1.54, 1.807) is 6.92 Å². The summed E-state index contributed by atoms with van der Waals surface area (Å²) in [5, 5.41) is 0. The lowest BCUT2D eigenvalue weighted by Crippen LogP contribution is -2.34. The average molecular weight is 258 g/mol. The maximum atomic E-state index is 11.4. The van der Waals surface area contributed by atoms with Crippen molar-refractivity contribution in [1.82, 2.24) is 4.57 Å². The van der Waals surface area contributed by atoms with Crippen molar-refractivity contribution in [1.29, 1.82) is 0 Å². The van der Waals surface area contributed by atoms with Gasteiger partial charge in [0.05, 0.1) is 6.61 Å². The fourth-order valence-electron chi connectivity index (χ4n) is 1.90. The van der Waals surface area contributed by atoms with E-state index in [4.69, 9.17) is 10.5 Å². The number of benzene rings is 1. The van der Waals surface area contributed by atoms with Crippen LogP contribution in [0.5, 0.6) is 0 Å². The van der Waals surface area contributed by atoms with E-state index in [9.17, 15) is 4.79 Å². The zero-order valence-corrected chi connectivity index (χ0v) is 11.0. The molecule has 1 heterocycles. The smallest absolute Gasteiger partial charge is 0.323 e. The van der Waals surface area contributed by atoms with Crippen molar-refractivity contribution in [2.45, 2.75) is 19.4 Å². The Morgan fingerprint density at radius 2 is 1.89 bits per heavy atom. The first-order valence-electron chi connectivity index (χ1n) is 6.35. The topological polar surface area (TPSA) is 57.2 Å². The molecule has 2 aromatic rings. The zero-order valence-electron chi connectivity index (χ0n) is 11.0. The summed E-state index contributed by atoms with van der Waals surface area (Å²) in [6.07, 6.45) is 4.46. The van der Waals surface area contributed by atoms with Crippen LogP contribution in [-0.4, -0.2) is 23.2 Å². The second-order valence-electron chi connectivity index (χ2n) is 4.32. The molecule has 0 aliphatic carbocycles. The molecule has 1 unspecified atom stereocenters. The Balaban J connectivity index is 2.01. The largest absolute Gasteiger partial charge is 0.465 e. The number of rotatable bonds is 5. The van der Waals surface area contributed by atoms with Crippen molar-refractivity contribution in [3.05, 3.63) is 54.4 Å². The van der Waals surface area contributed by atoms with Gasteiger partial charge in [-0.2, -0.15) is 0 Å². The number of carbonyl (C=O) groups excluding carboxylic acids is 1. The van der Waals surface area contributed by atoms with Gasteiger partial charge in [0.2, 0.25) is 0 Å². The van der Waals surface area contributed by atoms with Gasteiger partial charge >= 0.3 is 5.97 Å². The first kappa shape index (κ1) is 13.4. The Labute approximate surface area is 112 Å². The summed E-state index contributed by atoms with van der Waals surface area (Å²) in [4.78, 5) is 11.4. The van der Waals surface area contributed by atoms with E-state index < -0.39 is 6.04 Å². The van der Waals surface area contributed by atoms with Crippen molar-refractivity contribution >= 4 is 5.97 Å². The molecule has 4 heteroatoms. The Kier molecular flexibility index (Phi) is 4.36. The molecule has 1 aromatic heterocycles. The van der Waals surface area contributed by atoms with Gasteiger partial charge in [-0.1, -0.05) is 12.1 Å². The molecule has 0 amide bonds. The monoisotopic (exact) mass is 258 g/mol. The molecule has 0 bridgehead atoms. The molecule has 19 heavy (non-hydrogen) atoms. The Morgan fingerprint density at radius 1 is 1.26 bits per heavy atom. The van der Waals surface area contributed by atoms with E-state index in [2.05, 4.69) is 0 Å². The highest BCUT2D eigenvalue weighted by molar-refractivity contribution is 5.75. The van der Waals surface area contributed by atoms with Crippen LogP contribution in [-0.2, 0) is 16.0 Å². The first-order valence-corrected chi connectivity index (χ1v) is 6.35. The summed E-state index contributed by atoms with van der Waals surface area (Å²) in [6, 6.07) is 11.3. The third-order valence-electron chi connectivity index (χ3n) is 2.88. The minimum Gasteiger partial charge on any atom is -0.465 e. The van der Waals surface area contributed by atoms with Gasteiger partial charge in [-0.3, -0.25) is 4.79 Å². The number of ether oxygens (including phenoxy) is 1. The van der Waals surface area contributed by atoms with Gasteiger partial charge in [-0.25, -0.2) is 0 Å². The van der Waals surface area contributed by atoms with Crippen molar-refractivity contribution in [3.63, 3.8) is 0 Å². The third kappa shape index (κ3) is 3.45. The summed E-state index contributed by atoms with van der Waals surface area (Å²) in [7, 11) is 0. The summed E-state index contributed by atoms with van der Waals surface area (Å²) < 4.78 is 6.91. The van der Waals surface area contributed by atoms with Crippen LogP contribution in [0.4, 0.5) is 0 Å². The molecule has 2 rings (SSSR count). The van der Waals surface area contributed by atoms with Crippen LogP contribution in [0.1, 0.15) is 12.5 Å². The molecule has 0 aliphatic heterocycles. The van der Waals surface area contributed by atoms with Gasteiger partial charge in [0.1, 0.15) is 6.04 Å². The molecule has 2 N–H and O–H groups in total. The standard InChI is InChI=1S/C15H18N2O2/c1-2-19-15(18)14(16)11-12-5-7-13(8-6-12)17-9-3-4-10-17/h3-10,14H,2,11,16H2,1H3. The van der Waals surface area contributed by atoms with E-state index in [-0.39, 0.29) is 5.97 Å².